The van der Waals surface area contributed by atoms with E-state index in [9.17, 15) is 5.11 Å². The van der Waals surface area contributed by atoms with Gasteiger partial charge in [0.25, 0.3) is 0 Å². The summed E-state index contributed by atoms with van der Waals surface area (Å²) in [5, 5.41) is 11.1. The van der Waals surface area contributed by atoms with Crippen LogP contribution in [0.25, 0.3) is 0 Å². The molecule has 4 heteroatoms. The van der Waals surface area contributed by atoms with Crippen LogP contribution in [-0.2, 0) is 0 Å². The highest BCUT2D eigenvalue weighted by Gasteiger charge is 2.20. The Bertz CT molecular complexity index is 446. The van der Waals surface area contributed by atoms with Crippen molar-refractivity contribution in [3.63, 3.8) is 0 Å². The number of halogens is 1. The maximum atomic E-state index is 10.4. The smallest absolute Gasteiger partial charge is 0.124 e. The van der Waals surface area contributed by atoms with Crippen LogP contribution < -0.4 is 4.74 Å². The second-order valence-corrected chi connectivity index (χ2v) is 6.40. The molecule has 1 saturated carbocycles. The van der Waals surface area contributed by atoms with Crippen LogP contribution in [0.2, 0.25) is 5.02 Å². The fraction of sp³-hybridized carbons (Fsp3) is 0.647. The molecule has 118 valence electrons. The van der Waals surface area contributed by atoms with E-state index in [0.29, 0.717) is 23.2 Å². The lowest BCUT2D eigenvalue weighted by atomic mass is 9.94. The average molecular weight is 312 g/mol. The van der Waals surface area contributed by atoms with Crippen molar-refractivity contribution in [2.45, 2.75) is 50.7 Å². The minimum Gasteiger partial charge on any atom is -0.496 e. The molecule has 0 radical (unpaired) electrons. The summed E-state index contributed by atoms with van der Waals surface area (Å²) in [4.78, 5) is 2.39. The fourth-order valence-electron chi connectivity index (χ4n) is 3.15. The lowest BCUT2D eigenvalue weighted by Gasteiger charge is -2.31. The van der Waals surface area contributed by atoms with Gasteiger partial charge in [0.15, 0.2) is 0 Å². The van der Waals surface area contributed by atoms with E-state index in [1.165, 1.54) is 32.1 Å². The van der Waals surface area contributed by atoms with Gasteiger partial charge in [-0.2, -0.15) is 0 Å². The first kappa shape index (κ1) is 16.6. The number of benzene rings is 1. The molecule has 0 amide bonds. The molecule has 0 heterocycles. The van der Waals surface area contributed by atoms with Crippen LogP contribution in [0.4, 0.5) is 0 Å². The summed E-state index contributed by atoms with van der Waals surface area (Å²) in [6.07, 6.45) is 6.76. The third-order valence-corrected chi connectivity index (χ3v) is 4.74. The molecule has 1 atom stereocenters. The molecule has 1 N–H and O–H groups in total. The number of ether oxygens (including phenoxy) is 1. The molecule has 2 rings (SSSR count). The summed E-state index contributed by atoms with van der Waals surface area (Å²) in [6, 6.07) is 6.06. The van der Waals surface area contributed by atoms with E-state index in [1.54, 1.807) is 19.2 Å². The number of aliphatic hydroxyl groups is 1. The molecule has 21 heavy (non-hydrogen) atoms. The number of nitrogens with zero attached hydrogens (tertiary/aromatic N) is 1. The van der Waals surface area contributed by atoms with Crippen molar-refractivity contribution in [1.29, 1.82) is 0 Å². The lowest BCUT2D eigenvalue weighted by Crippen LogP contribution is -2.34. The minimum absolute atomic E-state index is 0.537. The van der Waals surface area contributed by atoms with Gasteiger partial charge in [-0.05, 0) is 44.5 Å². The van der Waals surface area contributed by atoms with Gasteiger partial charge < -0.3 is 14.7 Å². The van der Waals surface area contributed by atoms with Crippen molar-refractivity contribution in [3.8, 4) is 5.75 Å². The predicted molar refractivity (Wildman–Crippen MR) is 87.1 cm³/mol. The Morgan fingerprint density at radius 2 is 2.05 bits per heavy atom. The molecule has 0 saturated heterocycles. The molecule has 1 unspecified atom stereocenters. The van der Waals surface area contributed by atoms with Crippen LogP contribution in [0.3, 0.4) is 0 Å². The fourth-order valence-corrected chi connectivity index (χ4v) is 3.33. The maximum absolute atomic E-state index is 10.4. The van der Waals surface area contributed by atoms with Crippen molar-refractivity contribution in [3.05, 3.63) is 28.8 Å². The van der Waals surface area contributed by atoms with E-state index in [-0.39, 0.29) is 0 Å². The van der Waals surface area contributed by atoms with E-state index < -0.39 is 6.10 Å². The molecule has 0 aliphatic heterocycles. The molecule has 0 spiro atoms. The zero-order valence-corrected chi connectivity index (χ0v) is 13.8. The Kier molecular flexibility index (Phi) is 6.34. The van der Waals surface area contributed by atoms with Gasteiger partial charge in [-0.3, -0.25) is 0 Å². The van der Waals surface area contributed by atoms with Crippen molar-refractivity contribution in [2.75, 3.05) is 20.7 Å². The molecular weight excluding hydrogens is 286 g/mol. The highest BCUT2D eigenvalue weighted by atomic mass is 35.5. The van der Waals surface area contributed by atoms with Gasteiger partial charge in [0.1, 0.15) is 5.75 Å². The van der Waals surface area contributed by atoms with Crippen molar-refractivity contribution >= 4 is 11.6 Å². The standard InChI is InChI=1S/C17H26ClNO2/c1-19(14-6-4-3-5-7-14)11-10-16(20)15-12-13(18)8-9-17(15)21-2/h8-9,12,14,16,20H,3-7,10-11H2,1-2H3. The van der Waals surface area contributed by atoms with Gasteiger partial charge in [0.05, 0.1) is 13.2 Å². The largest absolute Gasteiger partial charge is 0.496 e. The minimum atomic E-state index is -0.537. The summed E-state index contributed by atoms with van der Waals surface area (Å²) < 4.78 is 5.31. The molecular formula is C17H26ClNO2. The normalized spacial score (nSPS) is 18.0. The van der Waals surface area contributed by atoms with Crippen molar-refractivity contribution in [1.82, 2.24) is 4.90 Å². The first-order valence-corrected chi connectivity index (χ1v) is 8.21. The Hall–Kier alpha value is -0.770. The number of hydrogen-bond acceptors (Lipinski definition) is 3. The van der Waals surface area contributed by atoms with Crippen LogP contribution in [0, 0.1) is 0 Å². The summed E-state index contributed by atoms with van der Waals surface area (Å²) >= 11 is 6.03. The van der Waals surface area contributed by atoms with E-state index in [1.807, 2.05) is 6.07 Å². The maximum Gasteiger partial charge on any atom is 0.124 e. The number of methoxy groups -OCH3 is 1. The molecule has 1 aliphatic rings. The topological polar surface area (TPSA) is 32.7 Å². The molecule has 0 bridgehead atoms. The molecule has 1 fully saturated rings. The first-order valence-electron chi connectivity index (χ1n) is 7.83. The quantitative estimate of drug-likeness (QED) is 0.860. The second kappa shape index (κ2) is 8.02. The number of hydrogen-bond donors (Lipinski definition) is 1. The van der Waals surface area contributed by atoms with Crippen LogP contribution >= 0.6 is 11.6 Å². The second-order valence-electron chi connectivity index (χ2n) is 5.96. The number of aliphatic hydroxyl groups excluding tert-OH is 1. The summed E-state index contributed by atoms with van der Waals surface area (Å²) in [5.41, 5.74) is 0.780. The monoisotopic (exact) mass is 311 g/mol. The van der Waals surface area contributed by atoms with Crippen LogP contribution in [0.1, 0.15) is 50.2 Å². The summed E-state index contributed by atoms with van der Waals surface area (Å²) in [7, 11) is 3.78. The van der Waals surface area contributed by atoms with Gasteiger partial charge in [0, 0.05) is 23.2 Å². The summed E-state index contributed by atoms with van der Waals surface area (Å²) in [6.45, 7) is 0.890. The van der Waals surface area contributed by atoms with E-state index in [0.717, 1.165) is 12.1 Å². The van der Waals surface area contributed by atoms with Crippen molar-refractivity contribution in [2.24, 2.45) is 0 Å². The summed E-state index contributed by atoms with van der Waals surface area (Å²) in [5.74, 6) is 0.701. The van der Waals surface area contributed by atoms with Gasteiger partial charge in [-0.15, -0.1) is 0 Å². The Morgan fingerprint density at radius 1 is 1.33 bits per heavy atom. The van der Waals surface area contributed by atoms with E-state index in [4.69, 9.17) is 16.3 Å². The van der Waals surface area contributed by atoms with Gasteiger partial charge >= 0.3 is 0 Å². The van der Waals surface area contributed by atoms with Crippen LogP contribution in [0.5, 0.6) is 5.75 Å². The zero-order chi connectivity index (χ0) is 15.2. The molecule has 3 nitrogen and oxygen atoms in total. The lowest BCUT2D eigenvalue weighted by molar-refractivity contribution is 0.123. The van der Waals surface area contributed by atoms with E-state index in [2.05, 4.69) is 11.9 Å². The Balaban J connectivity index is 1.91. The van der Waals surface area contributed by atoms with Gasteiger partial charge in [-0.1, -0.05) is 30.9 Å². The van der Waals surface area contributed by atoms with Crippen LogP contribution in [-0.4, -0.2) is 36.8 Å². The van der Waals surface area contributed by atoms with E-state index >= 15 is 0 Å². The first-order chi connectivity index (χ1) is 10.1. The molecule has 1 aliphatic carbocycles. The molecule has 0 aromatic heterocycles. The highest BCUT2D eigenvalue weighted by molar-refractivity contribution is 6.30. The zero-order valence-electron chi connectivity index (χ0n) is 13.0. The molecule has 1 aromatic carbocycles. The third-order valence-electron chi connectivity index (χ3n) is 4.50. The average Bonchev–Trinajstić information content (AvgIpc) is 2.53. The highest BCUT2D eigenvalue weighted by Crippen LogP contribution is 2.30. The Morgan fingerprint density at radius 3 is 2.71 bits per heavy atom. The number of rotatable bonds is 6. The molecule has 1 aromatic rings. The van der Waals surface area contributed by atoms with Gasteiger partial charge in [0.2, 0.25) is 0 Å². The van der Waals surface area contributed by atoms with Crippen LogP contribution in [0.15, 0.2) is 18.2 Å². The Labute approximate surface area is 132 Å². The van der Waals surface area contributed by atoms with Gasteiger partial charge in [-0.25, -0.2) is 0 Å². The third kappa shape index (κ3) is 4.60. The SMILES string of the molecule is COc1ccc(Cl)cc1C(O)CCN(C)C1CCCCC1. The van der Waals surface area contributed by atoms with Crippen molar-refractivity contribution < 1.29 is 9.84 Å². The predicted octanol–water partition coefficient (Wildman–Crippen LogP) is 4.04.